The van der Waals surface area contributed by atoms with Gasteiger partial charge in [-0.2, -0.15) is 0 Å². The summed E-state index contributed by atoms with van der Waals surface area (Å²) in [5.74, 6) is -0.357. The third kappa shape index (κ3) is 6.75. The van der Waals surface area contributed by atoms with Gasteiger partial charge in [-0.15, -0.1) is 0 Å². The van der Waals surface area contributed by atoms with Gasteiger partial charge in [-0.1, -0.05) is 29.8 Å². The van der Waals surface area contributed by atoms with Gasteiger partial charge < -0.3 is 30.0 Å². The van der Waals surface area contributed by atoms with Crippen LogP contribution < -0.4 is 20.1 Å². The number of pyridine rings is 1. The van der Waals surface area contributed by atoms with Crippen LogP contribution in [-0.4, -0.2) is 59.7 Å². The van der Waals surface area contributed by atoms with Crippen molar-refractivity contribution in [2.75, 3.05) is 32.7 Å². The molecule has 2 aromatic carbocycles. The Bertz CT molecular complexity index is 1560. The molecule has 2 heterocycles. The van der Waals surface area contributed by atoms with E-state index in [0.717, 1.165) is 5.56 Å². The summed E-state index contributed by atoms with van der Waals surface area (Å²) < 4.78 is 17.6. The minimum absolute atomic E-state index is 0.0996. The predicted octanol–water partition coefficient (Wildman–Crippen LogP) is 4.25. The Morgan fingerprint density at radius 3 is 2.39 bits per heavy atom. The lowest BCUT2D eigenvalue weighted by molar-refractivity contribution is -0.141. The van der Waals surface area contributed by atoms with Gasteiger partial charge in [0, 0.05) is 17.3 Å². The molecule has 1 amide bonds. The third-order valence-corrected chi connectivity index (χ3v) is 6.41. The molecule has 0 fully saturated rings. The number of hydrogen-bond acceptors (Lipinski definition) is 8. The number of anilines is 1. The van der Waals surface area contributed by atoms with Gasteiger partial charge in [0.05, 0.1) is 33.3 Å². The van der Waals surface area contributed by atoms with E-state index in [1.165, 1.54) is 7.11 Å². The maximum Gasteiger partial charge on any atom is 0.325 e. The molecule has 4 aromatic rings. The van der Waals surface area contributed by atoms with Crippen molar-refractivity contribution in [1.29, 1.82) is 0 Å². The average Bonchev–Trinajstić information content (AvgIpc) is 3.33. The summed E-state index contributed by atoms with van der Waals surface area (Å²) in [5.41, 5.74) is 3.63. The van der Waals surface area contributed by atoms with E-state index in [1.807, 2.05) is 25.1 Å². The number of nitrogens with one attached hydrogen (secondary N) is 2. The molecule has 0 bridgehead atoms. The quantitative estimate of drug-likeness (QED) is 0.217. The monoisotopic (exact) mass is 560 g/mol. The molecule has 0 saturated carbocycles. The number of methoxy groups -OCH3 is 2. The fraction of sp³-hybridized carbons (Fsp3) is 0.267. The third-order valence-electron chi connectivity index (χ3n) is 6.41. The number of carboxylic acids is 1. The lowest BCUT2D eigenvalue weighted by atomic mass is 10.0. The Kier molecular flexibility index (Phi) is 9.08. The number of ether oxygens (including phenoxy) is 3. The normalized spacial score (nSPS) is 11.5. The number of esters is 1. The van der Waals surface area contributed by atoms with Gasteiger partial charge in [0.15, 0.2) is 11.5 Å². The number of aromatic nitrogens is 2. The number of imidazole rings is 1. The number of carbonyl (C=O) groups is 3. The number of rotatable bonds is 12. The van der Waals surface area contributed by atoms with E-state index in [2.05, 4.69) is 10.6 Å². The Balaban J connectivity index is 1.71. The maximum absolute atomic E-state index is 13.3. The first-order valence-corrected chi connectivity index (χ1v) is 13.0. The van der Waals surface area contributed by atoms with Gasteiger partial charge in [-0.05, 0) is 49.7 Å². The van der Waals surface area contributed by atoms with Crippen molar-refractivity contribution in [2.45, 2.75) is 26.3 Å². The molecule has 0 aliphatic rings. The predicted molar refractivity (Wildman–Crippen MR) is 152 cm³/mol. The number of aryl methyl sites for hydroxylation is 1. The first-order valence-electron chi connectivity index (χ1n) is 13.0. The molecule has 0 aliphatic heterocycles. The number of amides is 1. The zero-order valence-electron chi connectivity index (χ0n) is 23.3. The average molecular weight is 561 g/mol. The number of carboxylic acid groups (broad SMARTS) is 1. The lowest BCUT2D eigenvalue weighted by Gasteiger charge is -2.18. The molecular formula is C30H32N4O7. The van der Waals surface area contributed by atoms with Crippen molar-refractivity contribution < 1.29 is 33.7 Å². The number of benzene rings is 2. The summed E-state index contributed by atoms with van der Waals surface area (Å²) in [6, 6.07) is 15.1. The van der Waals surface area contributed by atoms with Crippen molar-refractivity contribution in [3.05, 3.63) is 77.5 Å². The topological polar surface area (TPSA) is 140 Å². The van der Waals surface area contributed by atoms with Gasteiger partial charge in [0.2, 0.25) is 0 Å². The van der Waals surface area contributed by atoms with Crippen LogP contribution in [-0.2, 0) is 14.3 Å². The molecule has 0 aliphatic carbocycles. The second-order valence-electron chi connectivity index (χ2n) is 9.22. The second kappa shape index (κ2) is 12.9. The minimum Gasteiger partial charge on any atom is -0.493 e. The van der Waals surface area contributed by atoms with Crippen molar-refractivity contribution in [3.8, 4) is 22.8 Å². The van der Waals surface area contributed by atoms with Crippen LogP contribution in [0.1, 0.15) is 40.9 Å². The summed E-state index contributed by atoms with van der Waals surface area (Å²) in [5, 5.41) is 15.4. The first kappa shape index (κ1) is 28.9. The smallest absolute Gasteiger partial charge is 0.325 e. The number of fused-ring (bicyclic) bond motifs is 1. The van der Waals surface area contributed by atoms with Crippen LogP contribution in [0.15, 0.2) is 60.8 Å². The molecule has 0 spiro atoms. The summed E-state index contributed by atoms with van der Waals surface area (Å²) >= 11 is 0. The Hall–Kier alpha value is -5.06. The first-order chi connectivity index (χ1) is 19.7. The molecule has 2 aromatic heterocycles. The van der Waals surface area contributed by atoms with Crippen LogP contribution >= 0.6 is 0 Å². The molecule has 1 atom stereocenters. The zero-order valence-corrected chi connectivity index (χ0v) is 23.3. The van der Waals surface area contributed by atoms with Gasteiger partial charge >= 0.3 is 11.9 Å². The summed E-state index contributed by atoms with van der Waals surface area (Å²) in [6.45, 7) is 3.81. The molecule has 11 heteroatoms. The highest BCUT2D eigenvalue weighted by Crippen LogP contribution is 2.35. The second-order valence-corrected chi connectivity index (χ2v) is 9.22. The van der Waals surface area contributed by atoms with E-state index in [4.69, 9.17) is 19.2 Å². The van der Waals surface area contributed by atoms with E-state index in [0.29, 0.717) is 45.3 Å². The van der Waals surface area contributed by atoms with E-state index >= 15 is 0 Å². The maximum atomic E-state index is 13.3. The zero-order chi connectivity index (χ0) is 29.5. The number of hydrogen-bond donors (Lipinski definition) is 3. The van der Waals surface area contributed by atoms with Crippen LogP contribution in [0.2, 0.25) is 0 Å². The number of aliphatic carboxylic acids is 1. The minimum atomic E-state index is -1.03. The van der Waals surface area contributed by atoms with Crippen molar-refractivity contribution in [3.63, 3.8) is 0 Å². The SMILES string of the molecule is CCOC(=O)CNc1c(-c2ccc(OC)c(OC)c2)nc2cc(C(=O)NC(CC(=O)O)c3ccc(C)cc3)ccn12. The Morgan fingerprint density at radius 1 is 1.00 bits per heavy atom. The van der Waals surface area contributed by atoms with Gasteiger partial charge in [-0.25, -0.2) is 4.98 Å². The Labute approximate surface area is 237 Å². The fourth-order valence-corrected chi connectivity index (χ4v) is 4.37. The van der Waals surface area contributed by atoms with E-state index < -0.39 is 23.9 Å². The van der Waals surface area contributed by atoms with Crippen molar-refractivity contribution in [1.82, 2.24) is 14.7 Å². The standard InChI is InChI=1S/C30H32N4O7/c1-5-41-27(37)17-31-29-28(20-10-11-23(39-3)24(14-20)40-4)33-25-15-21(12-13-34(25)29)30(38)32-22(16-26(35)36)19-8-6-18(2)7-9-19/h6-15,22,31H,5,16-17H2,1-4H3,(H,32,38)(H,35,36). The summed E-state index contributed by atoms with van der Waals surface area (Å²) in [7, 11) is 3.07. The van der Waals surface area contributed by atoms with Gasteiger partial charge in [-0.3, -0.25) is 18.8 Å². The summed E-state index contributed by atoms with van der Waals surface area (Å²) in [6.07, 6.45) is 1.39. The highest BCUT2D eigenvalue weighted by atomic mass is 16.5. The fourth-order valence-electron chi connectivity index (χ4n) is 4.37. The molecule has 1 unspecified atom stereocenters. The highest BCUT2D eigenvalue weighted by Gasteiger charge is 2.22. The molecular weight excluding hydrogens is 528 g/mol. The molecule has 11 nitrogen and oxygen atoms in total. The van der Waals surface area contributed by atoms with Crippen LogP contribution in [0, 0.1) is 6.92 Å². The van der Waals surface area contributed by atoms with E-state index in [-0.39, 0.29) is 19.6 Å². The van der Waals surface area contributed by atoms with Crippen LogP contribution in [0.3, 0.4) is 0 Å². The van der Waals surface area contributed by atoms with Crippen LogP contribution in [0.5, 0.6) is 11.5 Å². The van der Waals surface area contributed by atoms with E-state index in [9.17, 15) is 19.5 Å². The van der Waals surface area contributed by atoms with Gasteiger partial charge in [0.1, 0.15) is 23.7 Å². The lowest BCUT2D eigenvalue weighted by Crippen LogP contribution is -2.30. The van der Waals surface area contributed by atoms with Crippen molar-refractivity contribution in [2.24, 2.45) is 0 Å². The van der Waals surface area contributed by atoms with Crippen molar-refractivity contribution >= 4 is 29.3 Å². The molecule has 0 radical (unpaired) electrons. The van der Waals surface area contributed by atoms with E-state index in [1.54, 1.807) is 61.0 Å². The highest BCUT2D eigenvalue weighted by molar-refractivity contribution is 5.96. The molecule has 214 valence electrons. The van der Waals surface area contributed by atoms with Crippen LogP contribution in [0.4, 0.5) is 5.82 Å². The number of carbonyl (C=O) groups excluding carboxylic acids is 2. The number of nitrogens with zero attached hydrogens (tertiary/aromatic N) is 2. The summed E-state index contributed by atoms with van der Waals surface area (Å²) in [4.78, 5) is 41.7. The molecule has 0 saturated heterocycles. The molecule has 4 rings (SSSR count). The van der Waals surface area contributed by atoms with Gasteiger partial charge in [0.25, 0.3) is 5.91 Å². The molecule has 41 heavy (non-hydrogen) atoms. The Morgan fingerprint density at radius 2 is 1.73 bits per heavy atom. The van der Waals surface area contributed by atoms with Crippen LogP contribution in [0.25, 0.3) is 16.9 Å². The molecule has 3 N–H and O–H groups in total. The largest absolute Gasteiger partial charge is 0.493 e.